The van der Waals surface area contributed by atoms with Gasteiger partial charge in [-0.15, -0.1) is 6.58 Å². The fraction of sp³-hybridized carbons (Fsp3) is 0.727. The van der Waals surface area contributed by atoms with Crippen molar-refractivity contribution >= 4 is 5.78 Å². The van der Waals surface area contributed by atoms with Gasteiger partial charge in [-0.25, -0.2) is 0 Å². The molecule has 0 N–H and O–H groups in total. The van der Waals surface area contributed by atoms with Crippen molar-refractivity contribution < 1.29 is 14.3 Å². The normalized spacial score (nSPS) is 31.3. The topological polar surface area (TPSA) is 38.8 Å². The zero-order valence-corrected chi connectivity index (χ0v) is 9.29. The van der Waals surface area contributed by atoms with Crippen LogP contribution in [0.25, 0.3) is 0 Å². The Morgan fingerprint density at radius 2 is 2.29 bits per heavy atom. The highest BCUT2D eigenvalue weighted by Gasteiger charge is 2.68. The summed E-state index contributed by atoms with van der Waals surface area (Å²) in [6.07, 6.45) is 1.33. The Balaban J connectivity index is 2.88. The fourth-order valence-corrected chi connectivity index (χ4v) is 1.63. The van der Waals surface area contributed by atoms with Gasteiger partial charge in [-0.05, 0) is 13.8 Å². The maximum absolute atomic E-state index is 11.2. The van der Waals surface area contributed by atoms with Gasteiger partial charge in [0.1, 0.15) is 0 Å². The van der Waals surface area contributed by atoms with Crippen LogP contribution in [0.2, 0.25) is 0 Å². The number of carbonyl (C=O) groups is 1. The van der Waals surface area contributed by atoms with Gasteiger partial charge in [0.05, 0.1) is 0 Å². The van der Waals surface area contributed by atoms with Gasteiger partial charge < -0.3 is 9.47 Å². The molecule has 3 heteroatoms. The highest BCUT2D eigenvalue weighted by molar-refractivity contribution is 5.84. The minimum absolute atomic E-state index is 0.00775. The Morgan fingerprint density at radius 3 is 2.57 bits per heavy atom. The lowest BCUT2D eigenvalue weighted by Crippen LogP contribution is -2.38. The third-order valence-corrected chi connectivity index (χ3v) is 2.72. The number of rotatable bonds is 5. The molecule has 0 spiro atoms. The molecule has 1 heterocycles. The predicted molar refractivity (Wildman–Crippen MR) is 53.9 cm³/mol. The first kappa shape index (κ1) is 11.4. The molecule has 2 atom stereocenters. The van der Waals surface area contributed by atoms with Crippen LogP contribution in [-0.4, -0.2) is 24.3 Å². The van der Waals surface area contributed by atoms with E-state index in [0.717, 1.165) is 0 Å². The summed E-state index contributed by atoms with van der Waals surface area (Å²) in [6.45, 7) is 11.6. The summed E-state index contributed by atoms with van der Waals surface area (Å²) < 4.78 is 11.0. The van der Waals surface area contributed by atoms with E-state index in [-0.39, 0.29) is 11.2 Å². The van der Waals surface area contributed by atoms with Crippen LogP contribution in [0.3, 0.4) is 0 Å². The van der Waals surface area contributed by atoms with Gasteiger partial charge in [0, 0.05) is 12.0 Å². The van der Waals surface area contributed by atoms with E-state index < -0.39 is 11.9 Å². The summed E-state index contributed by atoms with van der Waals surface area (Å²) in [4.78, 5) is 11.2. The van der Waals surface area contributed by atoms with Crippen LogP contribution in [0.4, 0.5) is 0 Å². The molecule has 14 heavy (non-hydrogen) atoms. The minimum Gasteiger partial charge on any atom is -0.347 e. The zero-order chi connectivity index (χ0) is 11.0. The van der Waals surface area contributed by atoms with Crippen molar-refractivity contribution in [1.29, 1.82) is 0 Å². The lowest BCUT2D eigenvalue weighted by molar-refractivity contribution is -0.119. The summed E-state index contributed by atoms with van der Waals surface area (Å²) >= 11 is 0. The maximum Gasteiger partial charge on any atom is 0.211 e. The van der Waals surface area contributed by atoms with E-state index >= 15 is 0 Å². The number of carbonyl (C=O) groups excluding carboxylic acids is 1. The molecule has 1 rings (SSSR count). The van der Waals surface area contributed by atoms with Crippen molar-refractivity contribution in [2.24, 2.45) is 5.41 Å². The third kappa shape index (κ3) is 1.51. The molecule has 1 aliphatic rings. The Bertz CT molecular complexity index is 257. The minimum atomic E-state index is -0.782. The van der Waals surface area contributed by atoms with Crippen LogP contribution < -0.4 is 0 Å². The fourth-order valence-electron chi connectivity index (χ4n) is 1.63. The zero-order valence-electron chi connectivity index (χ0n) is 9.29. The second kappa shape index (κ2) is 3.48. The number of ketones is 1. The standard InChI is InChI=1S/C11H18O3/c1-6-10(4,5)11(13-7-2)9(14-11)8(3)12/h6,9H,1,7H2,2-5H3. The second-order valence-corrected chi connectivity index (χ2v) is 4.13. The second-order valence-electron chi connectivity index (χ2n) is 4.13. The molecule has 0 radical (unpaired) electrons. The summed E-state index contributed by atoms with van der Waals surface area (Å²) in [6, 6.07) is 0. The molecular weight excluding hydrogens is 180 g/mol. The Morgan fingerprint density at radius 1 is 1.71 bits per heavy atom. The average molecular weight is 198 g/mol. The Labute approximate surface area is 85.1 Å². The van der Waals surface area contributed by atoms with Crippen LogP contribution in [0.15, 0.2) is 12.7 Å². The molecule has 1 fully saturated rings. The van der Waals surface area contributed by atoms with Crippen LogP contribution in [0.1, 0.15) is 27.7 Å². The van der Waals surface area contributed by atoms with Gasteiger partial charge in [0.25, 0.3) is 0 Å². The van der Waals surface area contributed by atoms with E-state index in [4.69, 9.17) is 9.47 Å². The van der Waals surface area contributed by atoms with Crippen molar-refractivity contribution in [1.82, 2.24) is 0 Å². The van der Waals surface area contributed by atoms with Crippen molar-refractivity contribution in [2.75, 3.05) is 6.61 Å². The number of hydrogen-bond donors (Lipinski definition) is 0. The first-order valence-electron chi connectivity index (χ1n) is 4.87. The third-order valence-electron chi connectivity index (χ3n) is 2.72. The summed E-state index contributed by atoms with van der Waals surface area (Å²) in [7, 11) is 0. The molecule has 0 bridgehead atoms. The summed E-state index contributed by atoms with van der Waals surface area (Å²) in [5.74, 6) is -0.775. The van der Waals surface area contributed by atoms with E-state index in [1.54, 1.807) is 6.08 Å². The molecule has 0 aliphatic carbocycles. The van der Waals surface area contributed by atoms with Crippen LogP contribution in [0.5, 0.6) is 0 Å². The number of epoxide rings is 1. The maximum atomic E-state index is 11.2. The molecular formula is C11H18O3. The van der Waals surface area contributed by atoms with Crippen LogP contribution in [-0.2, 0) is 14.3 Å². The molecule has 0 saturated carbocycles. The van der Waals surface area contributed by atoms with E-state index in [0.29, 0.717) is 6.61 Å². The Hall–Kier alpha value is -0.670. The molecule has 0 aromatic rings. The van der Waals surface area contributed by atoms with Crippen LogP contribution >= 0.6 is 0 Å². The van der Waals surface area contributed by atoms with E-state index in [1.807, 2.05) is 20.8 Å². The predicted octanol–water partition coefficient (Wildman–Crippen LogP) is 1.92. The lowest BCUT2D eigenvalue weighted by atomic mass is 9.83. The molecule has 2 unspecified atom stereocenters. The highest BCUT2D eigenvalue weighted by Crippen LogP contribution is 2.52. The summed E-state index contributed by atoms with van der Waals surface area (Å²) in [5, 5.41) is 0. The van der Waals surface area contributed by atoms with Crippen LogP contribution in [0, 0.1) is 5.41 Å². The first-order chi connectivity index (χ1) is 6.41. The first-order valence-corrected chi connectivity index (χ1v) is 4.87. The van der Waals surface area contributed by atoms with Gasteiger partial charge in [0.15, 0.2) is 11.9 Å². The molecule has 0 amide bonds. The molecule has 0 aromatic heterocycles. The van der Waals surface area contributed by atoms with Gasteiger partial charge in [0.2, 0.25) is 5.79 Å². The van der Waals surface area contributed by atoms with Gasteiger partial charge in [-0.1, -0.05) is 19.9 Å². The average Bonchev–Trinajstić information content (AvgIpc) is 2.82. The molecule has 0 aromatic carbocycles. The molecule has 1 saturated heterocycles. The van der Waals surface area contributed by atoms with E-state index in [1.165, 1.54) is 6.92 Å². The van der Waals surface area contributed by atoms with E-state index in [9.17, 15) is 4.79 Å². The highest BCUT2D eigenvalue weighted by atomic mass is 16.8. The van der Waals surface area contributed by atoms with Gasteiger partial charge in [-0.3, -0.25) is 4.79 Å². The largest absolute Gasteiger partial charge is 0.347 e. The number of hydrogen-bond acceptors (Lipinski definition) is 3. The number of Topliss-reactive ketones (excluding diaryl/α,β-unsaturated/α-hetero) is 1. The van der Waals surface area contributed by atoms with Crippen molar-refractivity contribution in [3.05, 3.63) is 12.7 Å². The smallest absolute Gasteiger partial charge is 0.211 e. The van der Waals surface area contributed by atoms with Gasteiger partial charge >= 0.3 is 0 Å². The van der Waals surface area contributed by atoms with E-state index in [2.05, 4.69) is 6.58 Å². The lowest BCUT2D eigenvalue weighted by Gasteiger charge is -2.28. The number of ether oxygens (including phenoxy) is 2. The quantitative estimate of drug-likeness (QED) is 0.500. The SMILES string of the molecule is C=CC(C)(C)C1(OCC)OC1C(C)=O. The van der Waals surface area contributed by atoms with Crippen molar-refractivity contribution in [3.8, 4) is 0 Å². The summed E-state index contributed by atoms with van der Waals surface area (Å²) in [5.41, 5.74) is -0.348. The molecule has 80 valence electrons. The Kier molecular flexibility index (Phi) is 2.83. The van der Waals surface area contributed by atoms with Gasteiger partial charge in [-0.2, -0.15) is 0 Å². The molecule has 3 nitrogen and oxygen atoms in total. The molecule has 1 aliphatic heterocycles. The van der Waals surface area contributed by atoms with Crippen molar-refractivity contribution in [2.45, 2.75) is 39.6 Å². The van der Waals surface area contributed by atoms with Crippen molar-refractivity contribution in [3.63, 3.8) is 0 Å². The monoisotopic (exact) mass is 198 g/mol.